The van der Waals surface area contributed by atoms with E-state index in [9.17, 15) is 15.3 Å². The van der Waals surface area contributed by atoms with Crippen LogP contribution in [-0.2, 0) is 0 Å². The van der Waals surface area contributed by atoms with Gasteiger partial charge in [-0.2, -0.15) is 0 Å². The maximum Gasteiger partial charge on any atom is 0.148 e. The van der Waals surface area contributed by atoms with Crippen LogP contribution < -0.4 is 16.6 Å². The van der Waals surface area contributed by atoms with E-state index in [1.807, 2.05) is 0 Å². The molecule has 8 heteroatoms. The molecule has 0 bridgehead atoms. The minimum Gasteiger partial charge on any atom is -0.394 e. The molecule has 0 spiro atoms. The first-order valence-corrected chi connectivity index (χ1v) is 5.01. The number of hydrogen-bond acceptors (Lipinski definition) is 8. The Bertz CT molecular complexity index is 361. The van der Waals surface area contributed by atoms with Gasteiger partial charge in [0.05, 0.1) is 19.8 Å². The molecule has 0 amide bonds. The molecule has 0 aliphatic rings. The van der Waals surface area contributed by atoms with Crippen LogP contribution >= 0.6 is 0 Å². The molecular weight excluding hydrogens is 226 g/mol. The monoisotopic (exact) mass is 243 g/mol. The predicted octanol–water partition coefficient (Wildman–Crippen LogP) is -1.80. The van der Waals surface area contributed by atoms with Crippen molar-refractivity contribution in [2.75, 3.05) is 30.6 Å². The molecule has 7 N–H and O–H groups in total. The van der Waals surface area contributed by atoms with Crippen LogP contribution in [0.15, 0.2) is 6.33 Å². The van der Waals surface area contributed by atoms with Gasteiger partial charge < -0.3 is 26.1 Å². The van der Waals surface area contributed by atoms with Gasteiger partial charge in [-0.25, -0.2) is 15.8 Å². The number of hydrogen-bond donors (Lipinski definition) is 6. The summed E-state index contributed by atoms with van der Waals surface area (Å²) in [5.74, 6) is 6.07. The Morgan fingerprint density at radius 3 is 2.18 bits per heavy atom. The quantitative estimate of drug-likeness (QED) is 0.254. The van der Waals surface area contributed by atoms with Crippen molar-refractivity contribution in [3.8, 4) is 0 Å². The van der Waals surface area contributed by atoms with E-state index in [0.717, 1.165) is 0 Å². The number of aromatic nitrogens is 2. The van der Waals surface area contributed by atoms with Crippen LogP contribution in [0.25, 0.3) is 0 Å². The topological polar surface area (TPSA) is 137 Å². The van der Waals surface area contributed by atoms with Crippen LogP contribution in [0.4, 0.5) is 11.6 Å². The van der Waals surface area contributed by atoms with Crippen molar-refractivity contribution in [1.82, 2.24) is 9.97 Å². The smallest absolute Gasteiger partial charge is 0.148 e. The number of nitrogens with two attached hydrogens (primary N) is 1. The molecule has 17 heavy (non-hydrogen) atoms. The highest BCUT2D eigenvalue weighted by atomic mass is 16.3. The van der Waals surface area contributed by atoms with Crippen LogP contribution in [0.3, 0.4) is 0 Å². The molecule has 0 saturated carbocycles. The fourth-order valence-electron chi connectivity index (χ4n) is 1.24. The summed E-state index contributed by atoms with van der Waals surface area (Å²) < 4.78 is 0. The number of anilines is 2. The van der Waals surface area contributed by atoms with Crippen molar-refractivity contribution in [1.29, 1.82) is 0 Å². The zero-order chi connectivity index (χ0) is 12.9. The van der Waals surface area contributed by atoms with Gasteiger partial charge >= 0.3 is 0 Å². The van der Waals surface area contributed by atoms with Crippen LogP contribution in [-0.4, -0.2) is 50.6 Å². The summed E-state index contributed by atoms with van der Waals surface area (Å²) in [5.41, 5.74) is 1.79. The summed E-state index contributed by atoms with van der Waals surface area (Å²) in [6.45, 7) is 0.410. The molecular formula is C9H17N5O3. The second-order valence-corrected chi connectivity index (χ2v) is 3.72. The van der Waals surface area contributed by atoms with Crippen LogP contribution in [0.1, 0.15) is 5.56 Å². The summed E-state index contributed by atoms with van der Waals surface area (Å²) in [6, 6.07) is 0. The Morgan fingerprint density at radius 2 is 1.71 bits per heavy atom. The lowest BCUT2D eigenvalue weighted by Crippen LogP contribution is -2.49. The molecule has 0 aliphatic carbocycles. The SMILES string of the molecule is Cc1c(NN)ncnc1NC(CO)(CO)CO. The first kappa shape index (κ1) is 13.6. The minimum absolute atomic E-state index is 0.380. The highest BCUT2D eigenvalue weighted by Crippen LogP contribution is 2.20. The normalized spacial score (nSPS) is 11.4. The summed E-state index contributed by atoms with van der Waals surface area (Å²) >= 11 is 0. The number of nitrogen functional groups attached to an aromatic ring is 1. The lowest BCUT2D eigenvalue weighted by molar-refractivity contribution is 0.0830. The van der Waals surface area contributed by atoms with Gasteiger partial charge in [-0.3, -0.25) is 0 Å². The van der Waals surface area contributed by atoms with E-state index < -0.39 is 25.4 Å². The molecule has 1 heterocycles. The van der Waals surface area contributed by atoms with Crippen molar-refractivity contribution in [2.45, 2.75) is 12.5 Å². The molecule has 0 atom stereocenters. The number of rotatable bonds is 6. The van der Waals surface area contributed by atoms with Crippen LogP contribution in [0.5, 0.6) is 0 Å². The summed E-state index contributed by atoms with van der Waals surface area (Å²) in [6.07, 6.45) is 1.28. The zero-order valence-electron chi connectivity index (χ0n) is 9.51. The Hall–Kier alpha value is -1.48. The maximum absolute atomic E-state index is 9.19. The third kappa shape index (κ3) is 2.80. The van der Waals surface area contributed by atoms with Gasteiger partial charge in [0.15, 0.2) is 0 Å². The third-order valence-corrected chi connectivity index (χ3v) is 2.51. The number of hydrazine groups is 1. The average molecular weight is 243 g/mol. The second kappa shape index (κ2) is 5.73. The molecule has 1 aromatic rings. The van der Waals surface area contributed by atoms with Crippen molar-refractivity contribution in [3.05, 3.63) is 11.9 Å². The molecule has 0 unspecified atom stereocenters. The molecule has 0 fully saturated rings. The zero-order valence-corrected chi connectivity index (χ0v) is 9.51. The van der Waals surface area contributed by atoms with Gasteiger partial charge in [0.2, 0.25) is 0 Å². The lowest BCUT2D eigenvalue weighted by Gasteiger charge is -2.30. The van der Waals surface area contributed by atoms with Gasteiger partial charge in [0, 0.05) is 5.56 Å². The van der Waals surface area contributed by atoms with E-state index in [1.54, 1.807) is 6.92 Å². The van der Waals surface area contributed by atoms with Crippen molar-refractivity contribution >= 4 is 11.6 Å². The molecule has 0 aromatic carbocycles. The Morgan fingerprint density at radius 1 is 1.18 bits per heavy atom. The fourth-order valence-corrected chi connectivity index (χ4v) is 1.24. The van der Waals surface area contributed by atoms with E-state index >= 15 is 0 Å². The number of aliphatic hydroxyl groups is 3. The van der Waals surface area contributed by atoms with Crippen molar-refractivity contribution in [3.63, 3.8) is 0 Å². The van der Waals surface area contributed by atoms with Crippen molar-refractivity contribution in [2.24, 2.45) is 5.84 Å². The minimum atomic E-state index is -1.23. The summed E-state index contributed by atoms with van der Waals surface area (Å²) in [7, 11) is 0. The predicted molar refractivity (Wildman–Crippen MR) is 62.2 cm³/mol. The van der Waals surface area contributed by atoms with Gasteiger partial charge in [-0.1, -0.05) is 0 Å². The third-order valence-electron chi connectivity index (χ3n) is 2.51. The molecule has 1 rings (SSSR count). The molecule has 1 aromatic heterocycles. The number of nitrogens with zero attached hydrogens (tertiary/aromatic N) is 2. The standard InChI is InChI=1S/C9H17N5O3/c1-6-7(11-5-12-8(6)14-10)13-9(2-15,3-16)4-17/h5,15-17H,2-4,10H2,1H3,(H2,11,12,13,14). The highest BCUT2D eigenvalue weighted by molar-refractivity contribution is 5.57. The Kier molecular flexibility index (Phi) is 4.58. The van der Waals surface area contributed by atoms with E-state index in [4.69, 9.17) is 5.84 Å². The highest BCUT2D eigenvalue weighted by Gasteiger charge is 2.29. The molecule has 0 saturated heterocycles. The fraction of sp³-hybridized carbons (Fsp3) is 0.556. The van der Waals surface area contributed by atoms with E-state index in [0.29, 0.717) is 17.2 Å². The Balaban J connectivity index is 3.01. The largest absolute Gasteiger partial charge is 0.394 e. The van der Waals surface area contributed by atoms with Crippen LogP contribution in [0.2, 0.25) is 0 Å². The van der Waals surface area contributed by atoms with Crippen molar-refractivity contribution < 1.29 is 15.3 Å². The van der Waals surface area contributed by atoms with Gasteiger partial charge in [-0.05, 0) is 6.92 Å². The number of nitrogens with one attached hydrogen (secondary N) is 2. The average Bonchev–Trinajstić information content (AvgIpc) is 2.38. The van der Waals surface area contributed by atoms with E-state index in [2.05, 4.69) is 20.7 Å². The Labute approximate surface area is 98.5 Å². The summed E-state index contributed by atoms with van der Waals surface area (Å²) in [5, 5.41) is 30.4. The maximum atomic E-state index is 9.19. The van der Waals surface area contributed by atoms with Crippen LogP contribution in [0, 0.1) is 6.92 Å². The molecule has 0 aliphatic heterocycles. The van der Waals surface area contributed by atoms with Gasteiger partial charge in [-0.15, -0.1) is 0 Å². The van der Waals surface area contributed by atoms with Gasteiger partial charge in [0.25, 0.3) is 0 Å². The molecule has 96 valence electrons. The second-order valence-electron chi connectivity index (χ2n) is 3.72. The van der Waals surface area contributed by atoms with Gasteiger partial charge in [0.1, 0.15) is 23.5 Å². The first-order chi connectivity index (χ1) is 8.12. The molecule has 8 nitrogen and oxygen atoms in total. The first-order valence-electron chi connectivity index (χ1n) is 5.01. The lowest BCUT2D eigenvalue weighted by atomic mass is 10.0. The summed E-state index contributed by atoms with van der Waals surface area (Å²) in [4.78, 5) is 7.85. The molecule has 0 radical (unpaired) electrons. The van der Waals surface area contributed by atoms with E-state index in [-0.39, 0.29) is 0 Å². The number of aliphatic hydroxyl groups excluding tert-OH is 3. The van der Waals surface area contributed by atoms with E-state index in [1.165, 1.54) is 6.33 Å².